The van der Waals surface area contributed by atoms with E-state index in [4.69, 9.17) is 24.4 Å². The average molecular weight is 260 g/mol. The van der Waals surface area contributed by atoms with E-state index in [-0.39, 0.29) is 0 Å². The van der Waals surface area contributed by atoms with E-state index >= 15 is 0 Å². The standard InChI is InChI=1S/C8H8N2S4/c11-7(12)9-5-1-2-6(4-3-5)10-8(13)14/h1-4H,(H2,9,11,12)(H2,10,13,14). The Balaban J connectivity index is 2.68. The Morgan fingerprint density at radius 1 is 0.857 bits per heavy atom. The molecule has 0 bridgehead atoms. The van der Waals surface area contributed by atoms with Gasteiger partial charge in [0, 0.05) is 11.4 Å². The van der Waals surface area contributed by atoms with Gasteiger partial charge in [0.1, 0.15) is 8.64 Å². The van der Waals surface area contributed by atoms with Crippen molar-refractivity contribution < 1.29 is 0 Å². The molecule has 2 N–H and O–H groups in total. The molecule has 0 aromatic heterocycles. The first-order valence-electron chi connectivity index (χ1n) is 3.68. The van der Waals surface area contributed by atoms with E-state index in [1.54, 1.807) is 0 Å². The molecule has 0 fully saturated rings. The highest BCUT2D eigenvalue weighted by molar-refractivity contribution is 8.11. The van der Waals surface area contributed by atoms with Crippen LogP contribution < -0.4 is 10.6 Å². The van der Waals surface area contributed by atoms with Gasteiger partial charge >= 0.3 is 0 Å². The Morgan fingerprint density at radius 2 is 1.14 bits per heavy atom. The molecule has 1 rings (SSSR count). The number of nitrogens with one attached hydrogen (secondary N) is 2. The van der Waals surface area contributed by atoms with Crippen LogP contribution in [0.15, 0.2) is 24.3 Å². The molecule has 74 valence electrons. The molecule has 0 unspecified atom stereocenters. The van der Waals surface area contributed by atoms with E-state index in [9.17, 15) is 0 Å². The lowest BCUT2D eigenvalue weighted by Gasteiger charge is -2.05. The van der Waals surface area contributed by atoms with Gasteiger partial charge in [-0.2, -0.15) is 0 Å². The summed E-state index contributed by atoms with van der Waals surface area (Å²) >= 11 is 17.5. The summed E-state index contributed by atoms with van der Waals surface area (Å²) in [5.74, 6) is 0. The van der Waals surface area contributed by atoms with Crippen LogP contribution in [0.25, 0.3) is 0 Å². The average Bonchev–Trinajstić information content (AvgIpc) is 2.06. The summed E-state index contributed by atoms with van der Waals surface area (Å²) in [7, 11) is 0. The monoisotopic (exact) mass is 260 g/mol. The van der Waals surface area contributed by atoms with Gasteiger partial charge in [0.2, 0.25) is 0 Å². The highest BCUT2D eigenvalue weighted by atomic mass is 32.1. The number of hydrogen-bond donors (Lipinski definition) is 4. The van der Waals surface area contributed by atoms with Gasteiger partial charge in [0.25, 0.3) is 0 Å². The molecule has 0 aliphatic heterocycles. The molecule has 0 amide bonds. The van der Waals surface area contributed by atoms with Crippen LogP contribution in [-0.4, -0.2) is 8.64 Å². The van der Waals surface area contributed by atoms with E-state index < -0.39 is 0 Å². The lowest BCUT2D eigenvalue weighted by atomic mass is 10.3. The zero-order chi connectivity index (χ0) is 10.6. The molecule has 0 spiro atoms. The molecule has 0 saturated carbocycles. The molecule has 1 aromatic carbocycles. The summed E-state index contributed by atoms with van der Waals surface area (Å²) in [4.78, 5) is 0. The van der Waals surface area contributed by atoms with Crippen molar-refractivity contribution in [1.29, 1.82) is 0 Å². The number of thiol groups is 2. The van der Waals surface area contributed by atoms with Crippen molar-refractivity contribution in [2.45, 2.75) is 0 Å². The Bertz CT molecular complexity index is 312. The maximum absolute atomic E-state index is 4.78. The predicted molar refractivity (Wildman–Crippen MR) is 76.9 cm³/mol. The smallest absolute Gasteiger partial charge is 0.135 e. The summed E-state index contributed by atoms with van der Waals surface area (Å²) in [6.07, 6.45) is 0. The maximum atomic E-state index is 4.78. The molecule has 0 aliphatic carbocycles. The van der Waals surface area contributed by atoms with Crippen molar-refractivity contribution in [2.24, 2.45) is 0 Å². The fourth-order valence-corrected chi connectivity index (χ4v) is 1.38. The maximum Gasteiger partial charge on any atom is 0.135 e. The van der Waals surface area contributed by atoms with Gasteiger partial charge in [0.05, 0.1) is 0 Å². The minimum absolute atomic E-state index is 0.440. The van der Waals surface area contributed by atoms with Crippen molar-refractivity contribution in [1.82, 2.24) is 0 Å². The lowest BCUT2D eigenvalue weighted by molar-refractivity contribution is 1.63. The quantitative estimate of drug-likeness (QED) is 0.485. The van der Waals surface area contributed by atoms with Crippen LogP contribution in [0.5, 0.6) is 0 Å². The minimum Gasteiger partial charge on any atom is -0.341 e. The minimum atomic E-state index is 0.440. The molecule has 0 atom stereocenters. The van der Waals surface area contributed by atoms with Crippen LogP contribution in [0.3, 0.4) is 0 Å². The fraction of sp³-hybridized carbons (Fsp3) is 0. The number of rotatable bonds is 2. The molecule has 6 heteroatoms. The van der Waals surface area contributed by atoms with Crippen molar-refractivity contribution in [3.8, 4) is 0 Å². The van der Waals surface area contributed by atoms with E-state index in [1.165, 1.54) is 0 Å². The van der Waals surface area contributed by atoms with E-state index in [0.717, 1.165) is 11.4 Å². The third-order valence-electron chi connectivity index (χ3n) is 1.39. The Morgan fingerprint density at radius 3 is 1.36 bits per heavy atom. The van der Waals surface area contributed by atoms with E-state index in [0.29, 0.717) is 8.64 Å². The first kappa shape index (κ1) is 11.8. The Kier molecular flexibility index (Phi) is 4.67. The SMILES string of the molecule is S=C(S)Nc1ccc(NC(=S)S)cc1. The summed E-state index contributed by atoms with van der Waals surface area (Å²) in [5, 5.41) is 5.80. The molecule has 14 heavy (non-hydrogen) atoms. The zero-order valence-electron chi connectivity index (χ0n) is 7.02. The largest absolute Gasteiger partial charge is 0.341 e. The lowest BCUT2D eigenvalue weighted by Crippen LogP contribution is -2.02. The molecule has 0 saturated heterocycles. The molecule has 0 heterocycles. The highest BCUT2D eigenvalue weighted by Gasteiger charge is 1.95. The van der Waals surface area contributed by atoms with Gasteiger partial charge in [0.15, 0.2) is 0 Å². The number of thiocarbonyl (C=S) groups is 2. The molecule has 0 radical (unpaired) electrons. The van der Waals surface area contributed by atoms with Crippen molar-refractivity contribution >= 4 is 69.7 Å². The number of hydrogen-bond acceptors (Lipinski definition) is 2. The van der Waals surface area contributed by atoms with Gasteiger partial charge in [-0.25, -0.2) is 0 Å². The number of benzene rings is 1. The number of anilines is 2. The first-order chi connectivity index (χ1) is 6.58. The van der Waals surface area contributed by atoms with E-state index in [2.05, 4.69) is 35.9 Å². The summed E-state index contributed by atoms with van der Waals surface area (Å²) in [6.45, 7) is 0. The summed E-state index contributed by atoms with van der Waals surface area (Å²) < 4.78 is 0.880. The predicted octanol–water partition coefficient (Wildman–Crippen LogP) is 2.94. The fourth-order valence-electron chi connectivity index (χ4n) is 0.884. The van der Waals surface area contributed by atoms with Gasteiger partial charge in [-0.3, -0.25) is 0 Å². The van der Waals surface area contributed by atoms with E-state index in [1.807, 2.05) is 24.3 Å². The van der Waals surface area contributed by atoms with Gasteiger partial charge in [-0.15, -0.1) is 25.3 Å². The second-order valence-corrected chi connectivity index (χ2v) is 4.75. The Hall–Kier alpha value is -0.300. The van der Waals surface area contributed by atoms with Crippen LogP contribution in [0.4, 0.5) is 11.4 Å². The zero-order valence-corrected chi connectivity index (χ0v) is 10.4. The molecule has 0 aliphatic rings. The van der Waals surface area contributed by atoms with Gasteiger partial charge in [-0.1, -0.05) is 24.4 Å². The van der Waals surface area contributed by atoms with Crippen LogP contribution >= 0.6 is 49.7 Å². The molecule has 1 aromatic rings. The molecule has 2 nitrogen and oxygen atoms in total. The highest BCUT2D eigenvalue weighted by Crippen LogP contribution is 2.14. The topological polar surface area (TPSA) is 24.1 Å². The van der Waals surface area contributed by atoms with Crippen molar-refractivity contribution in [3.63, 3.8) is 0 Å². The van der Waals surface area contributed by atoms with Crippen molar-refractivity contribution in [2.75, 3.05) is 10.6 Å². The van der Waals surface area contributed by atoms with Gasteiger partial charge in [-0.05, 0) is 24.3 Å². The van der Waals surface area contributed by atoms with Crippen LogP contribution in [0.2, 0.25) is 0 Å². The molecular formula is C8H8N2S4. The second kappa shape index (κ2) is 5.55. The third kappa shape index (κ3) is 4.28. The summed E-state index contributed by atoms with van der Waals surface area (Å²) in [5.41, 5.74) is 1.78. The first-order valence-corrected chi connectivity index (χ1v) is 5.39. The third-order valence-corrected chi connectivity index (χ3v) is 1.82. The second-order valence-electron chi connectivity index (χ2n) is 2.44. The normalized spacial score (nSPS) is 9.29. The van der Waals surface area contributed by atoms with Crippen molar-refractivity contribution in [3.05, 3.63) is 24.3 Å². The van der Waals surface area contributed by atoms with Crippen LogP contribution in [-0.2, 0) is 0 Å². The molecular weight excluding hydrogens is 252 g/mol. The Labute approximate surface area is 104 Å². The summed E-state index contributed by atoms with van der Waals surface area (Å²) in [6, 6.07) is 7.49. The van der Waals surface area contributed by atoms with Crippen LogP contribution in [0, 0.1) is 0 Å². The van der Waals surface area contributed by atoms with Crippen LogP contribution in [0.1, 0.15) is 0 Å². The van der Waals surface area contributed by atoms with Gasteiger partial charge < -0.3 is 10.6 Å².